The van der Waals surface area contributed by atoms with Gasteiger partial charge < -0.3 is 10.5 Å². The molecule has 1 atom stereocenters. The fourth-order valence-corrected chi connectivity index (χ4v) is 2.25. The van der Waals surface area contributed by atoms with Crippen molar-refractivity contribution in [2.75, 3.05) is 5.75 Å². The first-order valence-corrected chi connectivity index (χ1v) is 6.59. The maximum Gasteiger partial charge on any atom is 0.425 e. The smallest absolute Gasteiger partial charge is 0.425 e. The SMILES string of the molecule is CCSc1cccc(OC(C)C(F)(F)F)c1C(=N)N. The molecule has 0 amide bonds. The highest BCUT2D eigenvalue weighted by molar-refractivity contribution is 7.99. The van der Waals surface area contributed by atoms with Crippen LogP contribution < -0.4 is 10.5 Å². The molecule has 0 aliphatic rings. The van der Waals surface area contributed by atoms with Crippen molar-refractivity contribution in [2.24, 2.45) is 5.73 Å². The third-order valence-corrected chi connectivity index (χ3v) is 3.26. The standard InChI is InChI=1S/C12H15F3N2OS/c1-3-19-9-6-4-5-8(10(9)11(16)17)18-7(2)12(13,14)15/h4-7H,3H2,1-2H3,(H3,16,17). The van der Waals surface area contributed by atoms with Crippen LogP contribution in [0.3, 0.4) is 0 Å². The molecule has 0 aromatic heterocycles. The summed E-state index contributed by atoms with van der Waals surface area (Å²) in [5.74, 6) is 0.398. The van der Waals surface area contributed by atoms with Gasteiger partial charge in [0.15, 0.2) is 6.10 Å². The Morgan fingerprint density at radius 1 is 1.47 bits per heavy atom. The molecule has 19 heavy (non-hydrogen) atoms. The van der Waals surface area contributed by atoms with Crippen molar-refractivity contribution in [2.45, 2.75) is 31.0 Å². The van der Waals surface area contributed by atoms with E-state index < -0.39 is 12.3 Å². The van der Waals surface area contributed by atoms with E-state index in [9.17, 15) is 13.2 Å². The summed E-state index contributed by atoms with van der Waals surface area (Å²) >= 11 is 1.40. The van der Waals surface area contributed by atoms with E-state index in [4.69, 9.17) is 15.9 Å². The van der Waals surface area contributed by atoms with Crippen LogP contribution in [-0.2, 0) is 0 Å². The van der Waals surface area contributed by atoms with Crippen molar-refractivity contribution in [1.82, 2.24) is 0 Å². The molecule has 1 unspecified atom stereocenters. The van der Waals surface area contributed by atoms with Crippen LogP contribution in [0, 0.1) is 5.41 Å². The van der Waals surface area contributed by atoms with Crippen LogP contribution in [0.25, 0.3) is 0 Å². The number of nitrogen functional groups attached to an aromatic ring is 1. The number of hydrogen-bond donors (Lipinski definition) is 2. The molecule has 3 nitrogen and oxygen atoms in total. The maximum absolute atomic E-state index is 12.5. The largest absolute Gasteiger partial charge is 0.480 e. The Morgan fingerprint density at radius 3 is 2.58 bits per heavy atom. The second-order valence-corrected chi connectivity index (χ2v) is 5.08. The first-order chi connectivity index (χ1) is 8.77. The van der Waals surface area contributed by atoms with E-state index in [0.29, 0.717) is 4.90 Å². The summed E-state index contributed by atoms with van der Waals surface area (Å²) in [4.78, 5) is 0.641. The molecule has 3 N–H and O–H groups in total. The Hall–Kier alpha value is -1.37. The monoisotopic (exact) mass is 292 g/mol. The highest BCUT2D eigenvalue weighted by Crippen LogP contribution is 2.32. The van der Waals surface area contributed by atoms with Gasteiger partial charge in [-0.05, 0) is 24.8 Å². The minimum atomic E-state index is -4.46. The molecular weight excluding hydrogens is 277 g/mol. The van der Waals surface area contributed by atoms with Gasteiger partial charge in [0.05, 0.1) is 5.56 Å². The topological polar surface area (TPSA) is 59.1 Å². The van der Waals surface area contributed by atoms with Crippen LogP contribution in [0.15, 0.2) is 23.1 Å². The third-order valence-electron chi connectivity index (χ3n) is 2.32. The normalized spacial score (nSPS) is 13.1. The Morgan fingerprint density at radius 2 is 2.11 bits per heavy atom. The van der Waals surface area contributed by atoms with Gasteiger partial charge in [-0.1, -0.05) is 13.0 Å². The highest BCUT2D eigenvalue weighted by atomic mass is 32.2. The summed E-state index contributed by atoms with van der Waals surface area (Å²) in [7, 11) is 0. The third kappa shape index (κ3) is 4.05. The van der Waals surface area contributed by atoms with Crippen LogP contribution in [0.1, 0.15) is 19.4 Å². The number of nitrogens with two attached hydrogens (primary N) is 1. The van der Waals surface area contributed by atoms with Crippen LogP contribution in [0.4, 0.5) is 13.2 Å². The lowest BCUT2D eigenvalue weighted by Gasteiger charge is -2.20. The van der Waals surface area contributed by atoms with E-state index in [1.165, 1.54) is 17.8 Å². The fourth-order valence-electron chi connectivity index (χ4n) is 1.41. The minimum absolute atomic E-state index is 0.0178. The van der Waals surface area contributed by atoms with E-state index in [-0.39, 0.29) is 17.1 Å². The summed E-state index contributed by atoms with van der Waals surface area (Å²) < 4.78 is 42.4. The molecule has 0 saturated carbocycles. The number of ether oxygens (including phenoxy) is 1. The number of rotatable bonds is 5. The Bertz CT molecular complexity index is 463. The van der Waals surface area contributed by atoms with Gasteiger partial charge in [0, 0.05) is 4.90 Å². The van der Waals surface area contributed by atoms with Crippen molar-refractivity contribution < 1.29 is 17.9 Å². The molecule has 0 fully saturated rings. The summed E-state index contributed by atoms with van der Waals surface area (Å²) in [5.41, 5.74) is 5.65. The summed E-state index contributed by atoms with van der Waals surface area (Å²) in [6.07, 6.45) is -6.41. The summed E-state index contributed by atoms with van der Waals surface area (Å²) in [6, 6.07) is 4.68. The van der Waals surface area contributed by atoms with Crippen LogP contribution >= 0.6 is 11.8 Å². The number of nitrogens with one attached hydrogen (secondary N) is 1. The summed E-state index contributed by atoms with van der Waals surface area (Å²) in [6.45, 7) is 2.82. The molecular formula is C12H15F3N2OS. The van der Waals surface area contributed by atoms with E-state index in [1.54, 1.807) is 12.1 Å². The molecule has 0 aliphatic heterocycles. The van der Waals surface area contributed by atoms with Crippen molar-refractivity contribution in [3.8, 4) is 5.75 Å². The number of halogens is 3. The lowest BCUT2D eigenvalue weighted by atomic mass is 10.2. The average Bonchev–Trinajstić information content (AvgIpc) is 2.27. The molecule has 106 valence electrons. The Kier molecular flexibility index (Phi) is 5.11. The predicted molar refractivity (Wildman–Crippen MR) is 70.0 cm³/mol. The highest BCUT2D eigenvalue weighted by Gasteiger charge is 2.38. The molecule has 0 heterocycles. The van der Waals surface area contributed by atoms with Crippen LogP contribution in [-0.4, -0.2) is 23.9 Å². The molecule has 1 aromatic carbocycles. The number of thioether (sulfide) groups is 1. The van der Waals surface area contributed by atoms with Crippen molar-refractivity contribution in [1.29, 1.82) is 5.41 Å². The van der Waals surface area contributed by atoms with Crippen molar-refractivity contribution >= 4 is 17.6 Å². The van der Waals surface area contributed by atoms with Gasteiger partial charge in [0.2, 0.25) is 0 Å². The van der Waals surface area contributed by atoms with E-state index in [0.717, 1.165) is 12.7 Å². The van der Waals surface area contributed by atoms with Crippen molar-refractivity contribution in [3.05, 3.63) is 23.8 Å². The van der Waals surface area contributed by atoms with Gasteiger partial charge in [-0.3, -0.25) is 5.41 Å². The van der Waals surface area contributed by atoms with Gasteiger partial charge in [0.1, 0.15) is 11.6 Å². The molecule has 0 aliphatic carbocycles. The second-order valence-electron chi connectivity index (χ2n) is 3.78. The molecule has 0 bridgehead atoms. The van der Waals surface area contributed by atoms with E-state index in [2.05, 4.69) is 0 Å². The van der Waals surface area contributed by atoms with Gasteiger partial charge in [-0.15, -0.1) is 11.8 Å². The van der Waals surface area contributed by atoms with Gasteiger partial charge in [0.25, 0.3) is 0 Å². The Labute approximate surface area is 113 Å². The van der Waals surface area contributed by atoms with E-state index in [1.807, 2.05) is 6.92 Å². The number of hydrogen-bond acceptors (Lipinski definition) is 3. The van der Waals surface area contributed by atoms with Gasteiger partial charge >= 0.3 is 6.18 Å². The molecule has 1 rings (SSSR count). The maximum atomic E-state index is 12.5. The summed E-state index contributed by atoms with van der Waals surface area (Å²) in [5, 5.41) is 7.50. The molecule has 0 saturated heterocycles. The van der Waals surface area contributed by atoms with Crippen LogP contribution in [0.5, 0.6) is 5.75 Å². The Balaban J connectivity index is 3.13. The lowest BCUT2D eigenvalue weighted by Crippen LogP contribution is -2.32. The number of benzene rings is 1. The predicted octanol–water partition coefficient (Wildman–Crippen LogP) is 3.41. The molecule has 0 spiro atoms. The van der Waals surface area contributed by atoms with E-state index >= 15 is 0 Å². The average molecular weight is 292 g/mol. The minimum Gasteiger partial charge on any atom is -0.480 e. The first-order valence-electron chi connectivity index (χ1n) is 5.61. The molecule has 7 heteroatoms. The first kappa shape index (κ1) is 15.7. The second kappa shape index (κ2) is 6.18. The fraction of sp³-hybridized carbons (Fsp3) is 0.417. The molecule has 1 aromatic rings. The molecule has 0 radical (unpaired) electrons. The van der Waals surface area contributed by atoms with Crippen molar-refractivity contribution in [3.63, 3.8) is 0 Å². The van der Waals surface area contributed by atoms with Crippen LogP contribution in [0.2, 0.25) is 0 Å². The zero-order valence-electron chi connectivity index (χ0n) is 10.5. The van der Waals surface area contributed by atoms with Gasteiger partial charge in [-0.2, -0.15) is 13.2 Å². The van der Waals surface area contributed by atoms with Gasteiger partial charge in [-0.25, -0.2) is 0 Å². The quantitative estimate of drug-likeness (QED) is 0.496. The zero-order chi connectivity index (χ0) is 14.6. The zero-order valence-corrected chi connectivity index (χ0v) is 11.4. The number of amidine groups is 1. The number of alkyl halides is 3. The lowest BCUT2D eigenvalue weighted by molar-refractivity contribution is -0.189.